The minimum atomic E-state index is -0.113. The zero-order valence-corrected chi connectivity index (χ0v) is 19.8. The lowest BCUT2D eigenvalue weighted by atomic mass is 10.2. The number of fused-ring (bicyclic) bond motifs is 3. The molecule has 174 valence electrons. The number of aromatic nitrogens is 4. The fraction of sp³-hybridized carbons (Fsp3) is 0.391. The Morgan fingerprint density at radius 2 is 2.03 bits per heavy atom. The summed E-state index contributed by atoms with van der Waals surface area (Å²) in [5.74, 6) is 2.45. The fourth-order valence-electron chi connectivity index (χ4n) is 3.79. The van der Waals surface area contributed by atoms with Crippen LogP contribution in [0, 0.1) is 0 Å². The van der Waals surface area contributed by atoms with Crippen molar-refractivity contribution >= 4 is 33.2 Å². The van der Waals surface area contributed by atoms with Gasteiger partial charge in [0.15, 0.2) is 0 Å². The van der Waals surface area contributed by atoms with Crippen LogP contribution in [-0.2, 0) is 24.3 Å². The first-order chi connectivity index (χ1) is 16.1. The first-order valence-corrected chi connectivity index (χ1v) is 11.8. The van der Waals surface area contributed by atoms with E-state index in [1.807, 2.05) is 34.0 Å². The number of thiophene rings is 1. The number of amides is 1. The molecule has 9 nitrogen and oxygen atoms in total. The number of methoxy groups -OCH3 is 2. The van der Waals surface area contributed by atoms with E-state index < -0.39 is 0 Å². The van der Waals surface area contributed by atoms with E-state index in [-0.39, 0.29) is 17.9 Å². The highest BCUT2D eigenvalue weighted by Crippen LogP contribution is 2.24. The number of nitrogens with zero attached hydrogens (tertiary/aromatic N) is 4. The third-order valence-electron chi connectivity index (χ3n) is 5.55. The number of hydrogen-bond acceptors (Lipinski definition) is 7. The molecule has 33 heavy (non-hydrogen) atoms. The van der Waals surface area contributed by atoms with Crippen LogP contribution in [0.5, 0.6) is 11.5 Å². The number of carbonyl (C=O) groups excluding carboxylic acids is 1. The van der Waals surface area contributed by atoms with E-state index in [0.717, 1.165) is 23.9 Å². The number of hydrogen-bond donors (Lipinski definition) is 1. The number of aryl methyl sites for hydroxylation is 2. The second-order valence-electron chi connectivity index (χ2n) is 7.65. The molecule has 0 aliphatic rings. The fourth-order valence-corrected chi connectivity index (χ4v) is 4.61. The van der Waals surface area contributed by atoms with Crippen molar-refractivity contribution in [3.8, 4) is 11.5 Å². The lowest BCUT2D eigenvalue weighted by Crippen LogP contribution is -2.24. The average molecular weight is 470 g/mol. The molecule has 3 aromatic heterocycles. The summed E-state index contributed by atoms with van der Waals surface area (Å²) in [5.41, 5.74) is 1.58. The van der Waals surface area contributed by atoms with Crippen LogP contribution in [0.25, 0.3) is 16.0 Å². The van der Waals surface area contributed by atoms with Crippen molar-refractivity contribution in [1.82, 2.24) is 24.5 Å². The Balaban J connectivity index is 1.52. The Morgan fingerprint density at radius 1 is 1.18 bits per heavy atom. The highest BCUT2D eigenvalue weighted by atomic mass is 32.1. The van der Waals surface area contributed by atoms with E-state index in [9.17, 15) is 9.59 Å². The molecule has 0 atom stereocenters. The molecule has 0 bridgehead atoms. The van der Waals surface area contributed by atoms with Gasteiger partial charge in [-0.15, -0.1) is 21.5 Å². The van der Waals surface area contributed by atoms with E-state index in [2.05, 4.69) is 22.4 Å². The summed E-state index contributed by atoms with van der Waals surface area (Å²) in [6.45, 7) is 3.00. The minimum absolute atomic E-state index is 0.0371. The summed E-state index contributed by atoms with van der Waals surface area (Å²) in [6.07, 6.45) is 2.50. The molecule has 0 fully saturated rings. The summed E-state index contributed by atoms with van der Waals surface area (Å²) < 4.78 is 14.9. The molecule has 0 radical (unpaired) electrons. The monoisotopic (exact) mass is 469 g/mol. The van der Waals surface area contributed by atoms with Gasteiger partial charge in [0, 0.05) is 31.5 Å². The lowest BCUT2D eigenvalue weighted by Gasteiger charge is -2.11. The van der Waals surface area contributed by atoms with Crippen LogP contribution in [0.15, 0.2) is 34.4 Å². The van der Waals surface area contributed by atoms with Gasteiger partial charge in [0.1, 0.15) is 22.0 Å². The smallest absolute Gasteiger partial charge is 0.272 e. The molecule has 0 saturated carbocycles. The highest BCUT2D eigenvalue weighted by molar-refractivity contribution is 7.17. The molecular formula is C23H27N5O4S. The molecule has 3 heterocycles. The van der Waals surface area contributed by atoms with Crippen LogP contribution in [0.2, 0.25) is 0 Å². The van der Waals surface area contributed by atoms with Gasteiger partial charge in [0.25, 0.3) is 5.56 Å². The molecule has 1 amide bonds. The molecule has 0 aliphatic heterocycles. The molecule has 4 rings (SSSR count). The van der Waals surface area contributed by atoms with E-state index in [1.54, 1.807) is 18.8 Å². The second kappa shape index (κ2) is 10.0. The normalized spacial score (nSPS) is 11.2. The Hall–Kier alpha value is -3.40. The quantitative estimate of drug-likeness (QED) is 0.383. The molecule has 0 aliphatic carbocycles. The van der Waals surface area contributed by atoms with Crippen molar-refractivity contribution in [1.29, 1.82) is 0 Å². The summed E-state index contributed by atoms with van der Waals surface area (Å²) in [4.78, 5) is 25.5. The Labute approximate surface area is 195 Å². The number of benzene rings is 1. The highest BCUT2D eigenvalue weighted by Gasteiger charge is 2.18. The first-order valence-electron chi connectivity index (χ1n) is 10.9. The van der Waals surface area contributed by atoms with Crippen LogP contribution in [0.3, 0.4) is 0 Å². The third kappa shape index (κ3) is 4.56. The van der Waals surface area contributed by atoms with E-state index >= 15 is 0 Å². The van der Waals surface area contributed by atoms with Crippen LogP contribution in [0.4, 0.5) is 0 Å². The second-order valence-corrected chi connectivity index (χ2v) is 8.57. The Bertz CT molecular complexity index is 1340. The van der Waals surface area contributed by atoms with Gasteiger partial charge < -0.3 is 14.8 Å². The zero-order chi connectivity index (χ0) is 23.4. The van der Waals surface area contributed by atoms with Crippen LogP contribution < -0.4 is 20.3 Å². The van der Waals surface area contributed by atoms with E-state index in [4.69, 9.17) is 9.47 Å². The summed E-state index contributed by atoms with van der Waals surface area (Å²) in [7, 11) is 3.19. The number of nitrogens with one attached hydrogen (secondary N) is 1. The van der Waals surface area contributed by atoms with Crippen molar-refractivity contribution in [2.75, 3.05) is 14.2 Å². The summed E-state index contributed by atoms with van der Waals surface area (Å²) in [6, 6.07) is 7.37. The zero-order valence-electron chi connectivity index (χ0n) is 19.0. The van der Waals surface area contributed by atoms with Gasteiger partial charge in [0.05, 0.1) is 19.7 Å². The Kier molecular flexibility index (Phi) is 6.93. The van der Waals surface area contributed by atoms with Gasteiger partial charge in [0.2, 0.25) is 11.7 Å². The maximum absolute atomic E-state index is 12.9. The number of ether oxygens (including phenoxy) is 2. The van der Waals surface area contributed by atoms with Gasteiger partial charge in [-0.05, 0) is 36.1 Å². The largest absolute Gasteiger partial charge is 0.497 e. The predicted octanol–water partition coefficient (Wildman–Crippen LogP) is 3.17. The maximum Gasteiger partial charge on any atom is 0.272 e. The van der Waals surface area contributed by atoms with Crippen molar-refractivity contribution in [2.24, 2.45) is 0 Å². The van der Waals surface area contributed by atoms with Crippen LogP contribution >= 0.6 is 11.3 Å². The molecule has 0 spiro atoms. The number of rotatable bonds is 10. The minimum Gasteiger partial charge on any atom is -0.497 e. The SMILES string of the molecule is CCCCn1c(=O)c2sccc2n2c(CCC(=O)NCc3cc(OC)ccc3OC)nnc12. The van der Waals surface area contributed by atoms with Gasteiger partial charge in [-0.2, -0.15) is 0 Å². The van der Waals surface area contributed by atoms with Crippen LogP contribution in [0.1, 0.15) is 37.6 Å². The van der Waals surface area contributed by atoms with Crippen molar-refractivity contribution < 1.29 is 14.3 Å². The molecule has 1 N–H and O–H groups in total. The molecular weight excluding hydrogens is 442 g/mol. The van der Waals surface area contributed by atoms with Gasteiger partial charge in [-0.1, -0.05) is 13.3 Å². The number of carbonyl (C=O) groups is 1. The molecule has 0 unspecified atom stereocenters. The average Bonchev–Trinajstić information content (AvgIpc) is 3.48. The third-order valence-corrected chi connectivity index (χ3v) is 6.45. The van der Waals surface area contributed by atoms with Gasteiger partial charge >= 0.3 is 0 Å². The summed E-state index contributed by atoms with van der Waals surface area (Å²) in [5, 5.41) is 13.4. The number of unbranched alkanes of at least 4 members (excludes halogenated alkanes) is 1. The van der Waals surface area contributed by atoms with Crippen molar-refractivity contribution in [3.05, 3.63) is 51.4 Å². The van der Waals surface area contributed by atoms with Crippen molar-refractivity contribution in [3.63, 3.8) is 0 Å². The van der Waals surface area contributed by atoms with Crippen molar-refractivity contribution in [2.45, 2.75) is 45.7 Å². The molecule has 0 saturated heterocycles. The topological polar surface area (TPSA) is 99.8 Å². The Morgan fingerprint density at radius 3 is 2.79 bits per heavy atom. The lowest BCUT2D eigenvalue weighted by molar-refractivity contribution is -0.121. The standard InChI is InChI=1S/C23H27N5O4S/c1-4-5-11-27-22(30)21-17(10-12-33-21)28-19(25-26-23(27)28)8-9-20(29)24-14-15-13-16(31-2)6-7-18(15)32-3/h6-7,10,12-13H,4-5,8-9,11,14H2,1-3H3,(H,24,29). The van der Waals surface area contributed by atoms with E-state index in [1.165, 1.54) is 11.3 Å². The van der Waals surface area contributed by atoms with E-state index in [0.29, 0.717) is 47.3 Å². The molecule has 10 heteroatoms. The summed E-state index contributed by atoms with van der Waals surface area (Å²) >= 11 is 1.41. The first kappa shape index (κ1) is 22.8. The predicted molar refractivity (Wildman–Crippen MR) is 127 cm³/mol. The van der Waals surface area contributed by atoms with Gasteiger partial charge in [-0.3, -0.25) is 18.6 Å². The molecule has 1 aromatic carbocycles. The maximum atomic E-state index is 12.9. The van der Waals surface area contributed by atoms with Crippen LogP contribution in [-0.4, -0.2) is 39.3 Å². The molecule has 4 aromatic rings. The van der Waals surface area contributed by atoms with Gasteiger partial charge in [-0.25, -0.2) is 0 Å².